The minimum atomic E-state index is -3.48. The molecule has 1 aromatic rings. The summed E-state index contributed by atoms with van der Waals surface area (Å²) in [6, 6.07) is 4.50. The normalized spacial score (nSPS) is 11.2. The molecule has 0 heterocycles. The van der Waals surface area contributed by atoms with Gasteiger partial charge in [-0.2, -0.15) is 0 Å². The summed E-state index contributed by atoms with van der Waals surface area (Å²) in [5.74, 6) is -1.09. The average Bonchev–Trinajstić information content (AvgIpc) is 2.36. The lowest BCUT2D eigenvalue weighted by molar-refractivity contribution is 0.0697. The van der Waals surface area contributed by atoms with Crippen molar-refractivity contribution in [2.75, 3.05) is 29.0 Å². The van der Waals surface area contributed by atoms with Crippen molar-refractivity contribution >= 4 is 27.4 Å². The molecule has 0 spiro atoms. The van der Waals surface area contributed by atoms with E-state index in [4.69, 9.17) is 5.11 Å². The lowest BCUT2D eigenvalue weighted by Gasteiger charge is -2.26. The van der Waals surface area contributed by atoms with E-state index in [-0.39, 0.29) is 5.56 Å². The molecule has 0 atom stereocenters. The summed E-state index contributed by atoms with van der Waals surface area (Å²) in [5.41, 5.74) is 1.06. The van der Waals surface area contributed by atoms with Crippen molar-refractivity contribution in [1.82, 2.24) is 0 Å². The zero-order valence-electron chi connectivity index (χ0n) is 12.6. The van der Waals surface area contributed by atoms with Gasteiger partial charge in [-0.05, 0) is 31.0 Å². The Balaban J connectivity index is 3.30. The monoisotopic (exact) mass is 314 g/mol. The quantitative estimate of drug-likeness (QED) is 0.769. The van der Waals surface area contributed by atoms with E-state index in [2.05, 4.69) is 9.62 Å². The molecule has 0 radical (unpaired) electrons. The van der Waals surface area contributed by atoms with Crippen LogP contribution in [-0.2, 0) is 10.0 Å². The van der Waals surface area contributed by atoms with Crippen molar-refractivity contribution < 1.29 is 18.3 Å². The Labute approximate surface area is 125 Å². The summed E-state index contributed by atoms with van der Waals surface area (Å²) in [6.45, 7) is 5.63. The number of nitrogens with zero attached hydrogens (tertiary/aromatic N) is 1. The van der Waals surface area contributed by atoms with Crippen LogP contribution in [-0.4, -0.2) is 38.8 Å². The predicted molar refractivity (Wildman–Crippen MR) is 84.7 cm³/mol. The molecule has 0 aliphatic carbocycles. The first-order valence-electron chi connectivity index (χ1n) is 6.88. The predicted octanol–water partition coefficient (Wildman–Crippen LogP) is 2.38. The number of sulfonamides is 1. The van der Waals surface area contributed by atoms with Gasteiger partial charge in [-0.15, -0.1) is 0 Å². The smallest absolute Gasteiger partial charge is 0.335 e. The summed E-state index contributed by atoms with van der Waals surface area (Å²) in [5, 5.41) is 9.05. The maximum Gasteiger partial charge on any atom is 0.335 e. The maximum absolute atomic E-state index is 11.5. The Morgan fingerprint density at radius 2 is 1.81 bits per heavy atom. The largest absolute Gasteiger partial charge is 0.478 e. The molecular weight excluding hydrogens is 292 g/mol. The zero-order chi connectivity index (χ0) is 16.0. The number of hydrogen-bond donors (Lipinski definition) is 2. The Bertz CT molecular complexity index is 593. The Kier molecular flexibility index (Phi) is 6.02. The molecule has 0 aliphatic heterocycles. The molecule has 2 N–H and O–H groups in total. The van der Waals surface area contributed by atoms with Crippen molar-refractivity contribution in [1.29, 1.82) is 0 Å². The van der Waals surface area contributed by atoms with Gasteiger partial charge in [0.2, 0.25) is 10.0 Å². The van der Waals surface area contributed by atoms with Gasteiger partial charge in [0.1, 0.15) is 0 Å². The van der Waals surface area contributed by atoms with Crippen molar-refractivity contribution in [3.05, 3.63) is 23.8 Å². The third-order valence-electron chi connectivity index (χ3n) is 2.87. The van der Waals surface area contributed by atoms with E-state index in [0.717, 1.165) is 32.2 Å². The first-order valence-corrected chi connectivity index (χ1v) is 8.77. The van der Waals surface area contributed by atoms with Crippen LogP contribution in [0.4, 0.5) is 11.4 Å². The van der Waals surface area contributed by atoms with Gasteiger partial charge in [-0.25, -0.2) is 13.2 Å². The zero-order valence-corrected chi connectivity index (χ0v) is 13.4. The fourth-order valence-electron chi connectivity index (χ4n) is 2.12. The summed E-state index contributed by atoms with van der Waals surface area (Å²) in [4.78, 5) is 13.1. The van der Waals surface area contributed by atoms with Crippen molar-refractivity contribution in [3.63, 3.8) is 0 Å². The van der Waals surface area contributed by atoms with Gasteiger partial charge in [0.05, 0.1) is 23.2 Å². The van der Waals surface area contributed by atoms with Gasteiger partial charge in [0.25, 0.3) is 0 Å². The molecule has 0 amide bonds. The minimum Gasteiger partial charge on any atom is -0.478 e. The molecule has 118 valence electrons. The molecule has 7 heteroatoms. The summed E-state index contributed by atoms with van der Waals surface area (Å²) < 4.78 is 25.4. The van der Waals surface area contributed by atoms with Crippen molar-refractivity contribution in [3.8, 4) is 0 Å². The standard InChI is InChI=1S/C14H22N2O4S/c1-4-8-16(9-5-2)13-7-6-11(14(17)18)10-12(13)15-21(3,19)20/h6-7,10,15H,4-5,8-9H2,1-3H3,(H,17,18). The minimum absolute atomic E-state index is 0.0536. The van der Waals surface area contributed by atoms with Crippen LogP contribution in [0.2, 0.25) is 0 Å². The van der Waals surface area contributed by atoms with Gasteiger partial charge in [-0.3, -0.25) is 4.72 Å². The number of nitrogens with one attached hydrogen (secondary N) is 1. The SMILES string of the molecule is CCCN(CCC)c1ccc(C(=O)O)cc1NS(C)(=O)=O. The summed E-state index contributed by atoms with van der Waals surface area (Å²) in [6.07, 6.45) is 2.88. The van der Waals surface area contributed by atoms with E-state index < -0.39 is 16.0 Å². The summed E-state index contributed by atoms with van der Waals surface area (Å²) >= 11 is 0. The molecule has 0 saturated carbocycles. The maximum atomic E-state index is 11.5. The van der Waals surface area contributed by atoms with Gasteiger partial charge in [-0.1, -0.05) is 13.8 Å². The first-order chi connectivity index (χ1) is 9.78. The highest BCUT2D eigenvalue weighted by Crippen LogP contribution is 2.28. The number of carboxylic acid groups (broad SMARTS) is 1. The van der Waals surface area contributed by atoms with Crippen molar-refractivity contribution in [2.45, 2.75) is 26.7 Å². The number of benzene rings is 1. The highest BCUT2D eigenvalue weighted by Gasteiger charge is 2.15. The van der Waals surface area contributed by atoms with Crippen LogP contribution in [0.25, 0.3) is 0 Å². The van der Waals surface area contributed by atoms with Crippen molar-refractivity contribution in [2.24, 2.45) is 0 Å². The highest BCUT2D eigenvalue weighted by atomic mass is 32.2. The fraction of sp³-hybridized carbons (Fsp3) is 0.500. The van der Waals surface area contributed by atoms with E-state index in [1.54, 1.807) is 6.07 Å². The van der Waals surface area contributed by atoms with Crippen LogP contribution in [0, 0.1) is 0 Å². The third-order valence-corrected chi connectivity index (χ3v) is 3.46. The first kappa shape index (κ1) is 17.3. The molecule has 1 rings (SSSR count). The molecule has 0 unspecified atom stereocenters. The highest BCUT2D eigenvalue weighted by molar-refractivity contribution is 7.92. The molecule has 0 fully saturated rings. The van der Waals surface area contributed by atoms with E-state index in [0.29, 0.717) is 11.4 Å². The van der Waals surface area contributed by atoms with E-state index in [1.165, 1.54) is 12.1 Å². The number of rotatable bonds is 8. The topological polar surface area (TPSA) is 86.7 Å². The number of carbonyl (C=O) groups is 1. The third kappa shape index (κ3) is 5.26. The van der Waals surface area contributed by atoms with Crippen LogP contribution in [0.5, 0.6) is 0 Å². The number of aromatic carboxylic acids is 1. The molecule has 21 heavy (non-hydrogen) atoms. The average molecular weight is 314 g/mol. The number of carboxylic acids is 1. The lowest BCUT2D eigenvalue weighted by Crippen LogP contribution is -2.26. The second-order valence-corrected chi connectivity index (χ2v) is 6.65. The van der Waals surface area contributed by atoms with Crippen LogP contribution < -0.4 is 9.62 Å². The number of hydrogen-bond acceptors (Lipinski definition) is 4. The molecule has 6 nitrogen and oxygen atoms in total. The Morgan fingerprint density at radius 1 is 1.24 bits per heavy atom. The Hall–Kier alpha value is -1.76. The van der Waals surface area contributed by atoms with Gasteiger partial charge >= 0.3 is 5.97 Å². The second-order valence-electron chi connectivity index (χ2n) is 4.90. The Morgan fingerprint density at radius 3 is 2.24 bits per heavy atom. The molecule has 1 aromatic carbocycles. The molecule has 0 aliphatic rings. The second kappa shape index (κ2) is 7.31. The van der Waals surface area contributed by atoms with Crippen LogP contribution in [0.1, 0.15) is 37.0 Å². The van der Waals surface area contributed by atoms with E-state index in [9.17, 15) is 13.2 Å². The fourth-order valence-corrected chi connectivity index (χ4v) is 2.68. The molecule has 0 saturated heterocycles. The van der Waals surface area contributed by atoms with Gasteiger partial charge < -0.3 is 10.0 Å². The lowest BCUT2D eigenvalue weighted by atomic mass is 10.1. The van der Waals surface area contributed by atoms with Gasteiger partial charge in [0.15, 0.2) is 0 Å². The molecular formula is C14H22N2O4S. The molecule has 0 aromatic heterocycles. The van der Waals surface area contributed by atoms with E-state index >= 15 is 0 Å². The van der Waals surface area contributed by atoms with Crippen LogP contribution in [0.15, 0.2) is 18.2 Å². The molecule has 0 bridgehead atoms. The van der Waals surface area contributed by atoms with Gasteiger partial charge in [0, 0.05) is 13.1 Å². The van der Waals surface area contributed by atoms with Crippen LogP contribution >= 0.6 is 0 Å². The summed E-state index contributed by atoms with van der Waals surface area (Å²) in [7, 11) is -3.48. The van der Waals surface area contributed by atoms with E-state index in [1.807, 2.05) is 13.8 Å². The van der Waals surface area contributed by atoms with Crippen LogP contribution in [0.3, 0.4) is 0 Å². The number of anilines is 2.